The highest BCUT2D eigenvalue weighted by Crippen LogP contribution is 2.14. The maximum atomic E-state index is 9.34. The van der Waals surface area contributed by atoms with Crippen molar-refractivity contribution < 1.29 is 9.84 Å². The van der Waals surface area contributed by atoms with Gasteiger partial charge in [-0.05, 0) is 24.1 Å². The highest BCUT2D eigenvalue weighted by atomic mass is 16.5. The number of nitrogens with zero attached hydrogens (tertiary/aromatic N) is 1. The SMILES string of the molecule is C[C@@H](O)c1ccc(OCc2ccccc2)nc1. The van der Waals surface area contributed by atoms with Crippen LogP contribution < -0.4 is 4.74 Å². The number of rotatable bonds is 4. The van der Waals surface area contributed by atoms with Gasteiger partial charge in [0.25, 0.3) is 0 Å². The van der Waals surface area contributed by atoms with Crippen LogP contribution >= 0.6 is 0 Å². The molecule has 0 saturated heterocycles. The Morgan fingerprint density at radius 2 is 1.94 bits per heavy atom. The number of pyridine rings is 1. The third kappa shape index (κ3) is 3.29. The zero-order valence-corrected chi connectivity index (χ0v) is 9.71. The molecule has 0 spiro atoms. The van der Waals surface area contributed by atoms with Crippen LogP contribution in [0.2, 0.25) is 0 Å². The van der Waals surface area contributed by atoms with Crippen molar-refractivity contribution in [1.82, 2.24) is 4.98 Å². The fourth-order valence-corrected chi connectivity index (χ4v) is 1.46. The first-order chi connectivity index (χ1) is 8.25. The molecule has 0 aliphatic rings. The molecule has 0 aliphatic heterocycles. The minimum atomic E-state index is -0.495. The van der Waals surface area contributed by atoms with E-state index < -0.39 is 6.10 Å². The number of aromatic nitrogens is 1. The van der Waals surface area contributed by atoms with E-state index in [1.54, 1.807) is 19.2 Å². The van der Waals surface area contributed by atoms with Crippen LogP contribution in [0.5, 0.6) is 5.88 Å². The molecule has 2 rings (SSSR count). The summed E-state index contributed by atoms with van der Waals surface area (Å²) >= 11 is 0. The van der Waals surface area contributed by atoms with Gasteiger partial charge < -0.3 is 9.84 Å². The maximum Gasteiger partial charge on any atom is 0.213 e. The summed E-state index contributed by atoms with van der Waals surface area (Å²) in [5, 5.41) is 9.34. The highest BCUT2D eigenvalue weighted by Gasteiger charge is 2.02. The smallest absolute Gasteiger partial charge is 0.213 e. The van der Waals surface area contributed by atoms with Crippen LogP contribution in [0.4, 0.5) is 0 Å². The molecule has 0 fully saturated rings. The Balaban J connectivity index is 1.96. The van der Waals surface area contributed by atoms with Gasteiger partial charge in [-0.2, -0.15) is 0 Å². The third-order valence-electron chi connectivity index (χ3n) is 2.47. The molecule has 88 valence electrons. The largest absolute Gasteiger partial charge is 0.473 e. The number of benzene rings is 1. The highest BCUT2D eigenvalue weighted by molar-refractivity contribution is 5.20. The summed E-state index contributed by atoms with van der Waals surface area (Å²) in [6, 6.07) is 13.5. The summed E-state index contributed by atoms with van der Waals surface area (Å²) in [4.78, 5) is 4.13. The standard InChI is InChI=1S/C14H15NO2/c1-11(16)13-7-8-14(15-9-13)17-10-12-5-3-2-4-6-12/h2-9,11,16H,10H2,1H3/t11-/m1/s1. The van der Waals surface area contributed by atoms with E-state index in [0.717, 1.165) is 11.1 Å². The van der Waals surface area contributed by atoms with Gasteiger partial charge >= 0.3 is 0 Å². The van der Waals surface area contributed by atoms with Crippen LogP contribution in [-0.4, -0.2) is 10.1 Å². The monoisotopic (exact) mass is 229 g/mol. The van der Waals surface area contributed by atoms with E-state index in [9.17, 15) is 5.11 Å². The topological polar surface area (TPSA) is 42.4 Å². The van der Waals surface area contributed by atoms with Crippen molar-refractivity contribution in [2.24, 2.45) is 0 Å². The Kier molecular flexibility index (Phi) is 3.73. The van der Waals surface area contributed by atoms with Crippen molar-refractivity contribution in [3.05, 3.63) is 59.8 Å². The number of hydrogen-bond donors (Lipinski definition) is 1. The zero-order valence-electron chi connectivity index (χ0n) is 9.71. The molecule has 0 amide bonds. The molecule has 0 radical (unpaired) electrons. The molecule has 1 atom stereocenters. The summed E-state index contributed by atoms with van der Waals surface area (Å²) in [5.74, 6) is 0.568. The van der Waals surface area contributed by atoms with Crippen LogP contribution in [-0.2, 0) is 6.61 Å². The van der Waals surface area contributed by atoms with Crippen LogP contribution in [0, 0.1) is 0 Å². The summed E-state index contributed by atoms with van der Waals surface area (Å²) in [5.41, 5.74) is 1.89. The van der Waals surface area contributed by atoms with Crippen molar-refractivity contribution in [1.29, 1.82) is 0 Å². The first-order valence-electron chi connectivity index (χ1n) is 5.56. The molecule has 3 heteroatoms. The second kappa shape index (κ2) is 5.46. The molecule has 0 bridgehead atoms. The van der Waals surface area contributed by atoms with E-state index in [0.29, 0.717) is 12.5 Å². The number of ether oxygens (including phenoxy) is 1. The molecule has 1 heterocycles. The van der Waals surface area contributed by atoms with Crippen LogP contribution in [0.3, 0.4) is 0 Å². The van der Waals surface area contributed by atoms with Gasteiger partial charge in [-0.3, -0.25) is 0 Å². The maximum absolute atomic E-state index is 9.34. The predicted octanol–water partition coefficient (Wildman–Crippen LogP) is 2.71. The van der Waals surface area contributed by atoms with Gasteiger partial charge in [0, 0.05) is 12.3 Å². The van der Waals surface area contributed by atoms with Crippen LogP contribution in [0.1, 0.15) is 24.2 Å². The molecule has 17 heavy (non-hydrogen) atoms. The van der Waals surface area contributed by atoms with Crippen molar-refractivity contribution in [2.75, 3.05) is 0 Å². The lowest BCUT2D eigenvalue weighted by molar-refractivity contribution is 0.198. The lowest BCUT2D eigenvalue weighted by atomic mass is 10.2. The zero-order chi connectivity index (χ0) is 12.1. The Morgan fingerprint density at radius 1 is 1.18 bits per heavy atom. The summed E-state index contributed by atoms with van der Waals surface area (Å²) in [7, 11) is 0. The Morgan fingerprint density at radius 3 is 2.53 bits per heavy atom. The van der Waals surface area contributed by atoms with E-state index in [1.165, 1.54) is 0 Å². The third-order valence-corrected chi connectivity index (χ3v) is 2.47. The Bertz CT molecular complexity index is 451. The normalized spacial score (nSPS) is 12.1. The Labute approximate surface area is 101 Å². The second-order valence-corrected chi connectivity index (χ2v) is 3.88. The molecule has 0 aliphatic carbocycles. The summed E-state index contributed by atoms with van der Waals surface area (Å²) in [6.07, 6.45) is 1.14. The molecule has 0 saturated carbocycles. The van der Waals surface area contributed by atoms with Crippen molar-refractivity contribution in [2.45, 2.75) is 19.6 Å². The molecule has 0 unspecified atom stereocenters. The number of aliphatic hydroxyl groups excluding tert-OH is 1. The molecule has 2 aromatic rings. The van der Waals surface area contributed by atoms with Crippen molar-refractivity contribution in [3.63, 3.8) is 0 Å². The fourth-order valence-electron chi connectivity index (χ4n) is 1.46. The van der Waals surface area contributed by atoms with Crippen LogP contribution in [0.15, 0.2) is 48.7 Å². The molecule has 1 N–H and O–H groups in total. The van der Waals surface area contributed by atoms with E-state index in [1.807, 2.05) is 36.4 Å². The van der Waals surface area contributed by atoms with Crippen LogP contribution in [0.25, 0.3) is 0 Å². The molecule has 1 aromatic heterocycles. The molecular formula is C14H15NO2. The fraction of sp³-hybridized carbons (Fsp3) is 0.214. The minimum Gasteiger partial charge on any atom is -0.473 e. The quantitative estimate of drug-likeness (QED) is 0.876. The Hall–Kier alpha value is -1.87. The van der Waals surface area contributed by atoms with Gasteiger partial charge in [0.15, 0.2) is 0 Å². The molecular weight excluding hydrogens is 214 g/mol. The van der Waals surface area contributed by atoms with E-state index in [4.69, 9.17) is 4.74 Å². The average Bonchev–Trinajstić information content (AvgIpc) is 2.38. The minimum absolute atomic E-state index is 0.495. The first kappa shape index (κ1) is 11.6. The molecule has 1 aromatic carbocycles. The van der Waals surface area contributed by atoms with Gasteiger partial charge in [0.1, 0.15) is 6.61 Å². The summed E-state index contributed by atoms with van der Waals surface area (Å²) < 4.78 is 5.53. The van der Waals surface area contributed by atoms with Gasteiger partial charge in [-0.1, -0.05) is 30.3 Å². The molecule has 3 nitrogen and oxygen atoms in total. The number of aliphatic hydroxyl groups is 1. The number of hydrogen-bond acceptors (Lipinski definition) is 3. The second-order valence-electron chi connectivity index (χ2n) is 3.88. The lowest BCUT2D eigenvalue weighted by Gasteiger charge is -2.07. The van der Waals surface area contributed by atoms with Gasteiger partial charge in [0.2, 0.25) is 5.88 Å². The summed E-state index contributed by atoms with van der Waals surface area (Å²) in [6.45, 7) is 2.21. The van der Waals surface area contributed by atoms with Gasteiger partial charge in [-0.15, -0.1) is 0 Å². The van der Waals surface area contributed by atoms with Crippen molar-refractivity contribution in [3.8, 4) is 5.88 Å². The lowest BCUT2D eigenvalue weighted by Crippen LogP contribution is -1.98. The predicted molar refractivity (Wildman–Crippen MR) is 65.6 cm³/mol. The average molecular weight is 229 g/mol. The van der Waals surface area contributed by atoms with Gasteiger partial charge in [0.05, 0.1) is 6.10 Å². The first-order valence-corrected chi connectivity index (χ1v) is 5.56. The van der Waals surface area contributed by atoms with E-state index in [2.05, 4.69) is 4.98 Å². The van der Waals surface area contributed by atoms with E-state index in [-0.39, 0.29) is 0 Å². The van der Waals surface area contributed by atoms with Crippen molar-refractivity contribution >= 4 is 0 Å². The van der Waals surface area contributed by atoms with Gasteiger partial charge in [-0.25, -0.2) is 4.98 Å². The van der Waals surface area contributed by atoms with E-state index >= 15 is 0 Å².